The highest BCUT2D eigenvalue weighted by molar-refractivity contribution is 7.17. The summed E-state index contributed by atoms with van der Waals surface area (Å²) in [7, 11) is 1.65. The summed E-state index contributed by atoms with van der Waals surface area (Å²) < 4.78 is 0. The number of anilines is 1. The highest BCUT2D eigenvalue weighted by atomic mass is 32.1. The molecule has 0 saturated heterocycles. The summed E-state index contributed by atoms with van der Waals surface area (Å²) in [4.78, 5) is 26.7. The number of benzene rings is 1. The second kappa shape index (κ2) is 7.47. The zero-order valence-electron chi connectivity index (χ0n) is 16.0. The van der Waals surface area contributed by atoms with Gasteiger partial charge >= 0.3 is 0 Å². The van der Waals surface area contributed by atoms with E-state index in [0.717, 1.165) is 37.7 Å². The Labute approximate surface area is 164 Å². The molecule has 0 unspecified atom stereocenters. The molecule has 0 aliphatic heterocycles. The lowest BCUT2D eigenvalue weighted by molar-refractivity contribution is 0.0963. The Morgan fingerprint density at radius 3 is 2.63 bits per heavy atom. The number of fused-ring (bicyclic) bond motifs is 2. The van der Waals surface area contributed by atoms with Crippen LogP contribution in [-0.4, -0.2) is 18.9 Å². The fraction of sp³-hybridized carbons (Fsp3) is 0.455. The van der Waals surface area contributed by atoms with E-state index in [1.807, 2.05) is 12.1 Å². The Morgan fingerprint density at radius 2 is 1.85 bits per heavy atom. The summed E-state index contributed by atoms with van der Waals surface area (Å²) in [5.41, 5.74) is 5.12. The quantitative estimate of drug-likeness (QED) is 0.828. The number of hydrogen-bond acceptors (Lipinski definition) is 3. The van der Waals surface area contributed by atoms with Gasteiger partial charge in [0, 0.05) is 17.5 Å². The third kappa shape index (κ3) is 3.53. The standard InChI is InChI=1S/C22H26N2O2S/c1-13-7-10-17-18(11-13)27-22(19(17)21(26)23-2)24-20(25)16-9-8-14-5-3-4-6-15(14)12-16/h8-9,12-13H,3-7,10-11H2,1-2H3,(H,23,26)(H,24,25)/t13-/m1/s1. The van der Waals surface area contributed by atoms with Crippen LogP contribution in [0.1, 0.15) is 68.5 Å². The first-order chi connectivity index (χ1) is 13.1. The normalized spacial score (nSPS) is 18.4. The van der Waals surface area contributed by atoms with Crippen molar-refractivity contribution in [1.82, 2.24) is 5.32 Å². The molecule has 1 heterocycles. The van der Waals surface area contributed by atoms with Crippen molar-refractivity contribution in [2.24, 2.45) is 5.92 Å². The molecule has 2 aliphatic rings. The van der Waals surface area contributed by atoms with E-state index in [-0.39, 0.29) is 11.8 Å². The molecular formula is C22H26N2O2S. The predicted octanol–water partition coefficient (Wildman–Crippen LogP) is 4.36. The number of carbonyl (C=O) groups excluding carboxylic acids is 2. The number of rotatable bonds is 3. The first-order valence-corrected chi connectivity index (χ1v) is 10.7. The monoisotopic (exact) mass is 382 g/mol. The molecule has 142 valence electrons. The van der Waals surface area contributed by atoms with Crippen LogP contribution in [0.5, 0.6) is 0 Å². The Kier molecular flexibility index (Phi) is 5.04. The van der Waals surface area contributed by atoms with Crippen LogP contribution in [-0.2, 0) is 25.7 Å². The Bertz CT molecular complexity index is 900. The van der Waals surface area contributed by atoms with Gasteiger partial charge in [-0.25, -0.2) is 0 Å². The molecule has 0 spiro atoms. The average Bonchev–Trinajstić information content (AvgIpc) is 3.03. The molecule has 2 aromatic rings. The molecule has 4 rings (SSSR count). The van der Waals surface area contributed by atoms with E-state index < -0.39 is 0 Å². The van der Waals surface area contributed by atoms with Crippen molar-refractivity contribution in [3.8, 4) is 0 Å². The number of thiophene rings is 1. The molecule has 0 bridgehead atoms. The second-order valence-electron chi connectivity index (χ2n) is 7.78. The average molecular weight is 383 g/mol. The molecular weight excluding hydrogens is 356 g/mol. The van der Waals surface area contributed by atoms with Gasteiger partial charge < -0.3 is 10.6 Å². The Balaban J connectivity index is 1.64. The van der Waals surface area contributed by atoms with Crippen molar-refractivity contribution in [3.63, 3.8) is 0 Å². The van der Waals surface area contributed by atoms with Crippen LogP contribution in [0.25, 0.3) is 0 Å². The van der Waals surface area contributed by atoms with Gasteiger partial charge in [-0.05, 0) is 79.7 Å². The van der Waals surface area contributed by atoms with Gasteiger partial charge in [0.25, 0.3) is 11.8 Å². The minimum absolute atomic E-state index is 0.109. The molecule has 2 amide bonds. The zero-order valence-corrected chi connectivity index (χ0v) is 16.8. The summed E-state index contributed by atoms with van der Waals surface area (Å²) in [5.74, 6) is 0.390. The van der Waals surface area contributed by atoms with Gasteiger partial charge in [0.05, 0.1) is 5.56 Å². The summed E-state index contributed by atoms with van der Waals surface area (Å²) in [6.45, 7) is 2.24. The second-order valence-corrected chi connectivity index (χ2v) is 8.88. The molecule has 4 nitrogen and oxygen atoms in total. The van der Waals surface area contributed by atoms with E-state index in [9.17, 15) is 9.59 Å². The third-order valence-electron chi connectivity index (χ3n) is 5.80. The van der Waals surface area contributed by atoms with Crippen LogP contribution in [0.15, 0.2) is 18.2 Å². The first kappa shape index (κ1) is 18.2. The van der Waals surface area contributed by atoms with Crippen LogP contribution in [0.2, 0.25) is 0 Å². The number of amides is 2. The van der Waals surface area contributed by atoms with Gasteiger partial charge in [-0.3, -0.25) is 9.59 Å². The van der Waals surface area contributed by atoms with E-state index in [4.69, 9.17) is 0 Å². The minimum Gasteiger partial charge on any atom is -0.355 e. The molecule has 1 atom stereocenters. The number of nitrogens with one attached hydrogen (secondary N) is 2. The van der Waals surface area contributed by atoms with Crippen LogP contribution in [0.4, 0.5) is 5.00 Å². The molecule has 2 aliphatic carbocycles. The van der Waals surface area contributed by atoms with E-state index in [1.54, 1.807) is 18.4 Å². The molecule has 0 radical (unpaired) electrons. The number of aryl methyl sites for hydroxylation is 2. The van der Waals surface area contributed by atoms with Gasteiger partial charge in [-0.1, -0.05) is 13.0 Å². The van der Waals surface area contributed by atoms with Gasteiger partial charge in [-0.2, -0.15) is 0 Å². The molecule has 27 heavy (non-hydrogen) atoms. The van der Waals surface area contributed by atoms with Crippen molar-refractivity contribution in [3.05, 3.63) is 50.9 Å². The lowest BCUT2D eigenvalue weighted by atomic mass is 9.88. The fourth-order valence-electron chi connectivity index (χ4n) is 4.25. The van der Waals surface area contributed by atoms with E-state index in [0.29, 0.717) is 22.0 Å². The molecule has 1 aromatic heterocycles. The van der Waals surface area contributed by atoms with Crippen molar-refractivity contribution >= 4 is 28.2 Å². The summed E-state index contributed by atoms with van der Waals surface area (Å²) in [6.07, 6.45) is 7.55. The van der Waals surface area contributed by atoms with Gasteiger partial charge in [0.2, 0.25) is 0 Å². The van der Waals surface area contributed by atoms with Crippen molar-refractivity contribution in [2.45, 2.75) is 51.9 Å². The lowest BCUT2D eigenvalue weighted by Gasteiger charge is -2.18. The zero-order chi connectivity index (χ0) is 19.0. The highest BCUT2D eigenvalue weighted by Gasteiger charge is 2.28. The molecule has 0 saturated carbocycles. The lowest BCUT2D eigenvalue weighted by Crippen LogP contribution is -2.22. The smallest absolute Gasteiger partial charge is 0.256 e. The van der Waals surface area contributed by atoms with E-state index in [1.165, 1.54) is 28.8 Å². The van der Waals surface area contributed by atoms with E-state index in [2.05, 4.69) is 23.6 Å². The van der Waals surface area contributed by atoms with Crippen LogP contribution in [0.3, 0.4) is 0 Å². The van der Waals surface area contributed by atoms with E-state index >= 15 is 0 Å². The van der Waals surface area contributed by atoms with Crippen LogP contribution < -0.4 is 10.6 Å². The molecule has 1 aromatic carbocycles. The van der Waals surface area contributed by atoms with Crippen molar-refractivity contribution < 1.29 is 9.59 Å². The summed E-state index contributed by atoms with van der Waals surface area (Å²) in [5, 5.41) is 6.47. The Hall–Kier alpha value is -2.14. The molecule has 5 heteroatoms. The Morgan fingerprint density at radius 1 is 1.07 bits per heavy atom. The van der Waals surface area contributed by atoms with Gasteiger partial charge in [0.1, 0.15) is 5.00 Å². The van der Waals surface area contributed by atoms with Crippen LogP contribution >= 0.6 is 11.3 Å². The largest absolute Gasteiger partial charge is 0.355 e. The van der Waals surface area contributed by atoms with Crippen molar-refractivity contribution in [2.75, 3.05) is 12.4 Å². The van der Waals surface area contributed by atoms with Crippen LogP contribution in [0, 0.1) is 5.92 Å². The van der Waals surface area contributed by atoms with Gasteiger partial charge in [-0.15, -0.1) is 11.3 Å². The minimum atomic E-state index is -0.125. The SMILES string of the molecule is CNC(=O)c1c(NC(=O)c2ccc3c(c2)CCCC3)sc2c1CC[C@@H](C)C2. The maximum atomic E-state index is 12.9. The molecule has 0 fully saturated rings. The first-order valence-electron chi connectivity index (χ1n) is 9.86. The maximum Gasteiger partial charge on any atom is 0.256 e. The topological polar surface area (TPSA) is 58.2 Å². The maximum absolute atomic E-state index is 12.9. The number of hydrogen-bond donors (Lipinski definition) is 2. The molecule has 2 N–H and O–H groups in total. The highest BCUT2D eigenvalue weighted by Crippen LogP contribution is 2.39. The number of carbonyl (C=O) groups is 2. The summed E-state index contributed by atoms with van der Waals surface area (Å²) >= 11 is 1.57. The summed E-state index contributed by atoms with van der Waals surface area (Å²) in [6, 6.07) is 6.03. The predicted molar refractivity (Wildman–Crippen MR) is 110 cm³/mol. The van der Waals surface area contributed by atoms with Gasteiger partial charge in [0.15, 0.2) is 0 Å². The van der Waals surface area contributed by atoms with Crippen molar-refractivity contribution in [1.29, 1.82) is 0 Å². The third-order valence-corrected chi connectivity index (χ3v) is 6.97. The fourth-order valence-corrected chi connectivity index (χ4v) is 5.66.